The van der Waals surface area contributed by atoms with E-state index in [1.807, 2.05) is 0 Å². The van der Waals surface area contributed by atoms with Crippen LogP contribution in [0.5, 0.6) is 0 Å². The first-order valence-electron chi connectivity index (χ1n) is 10.7. The average Bonchev–Trinajstić information content (AvgIpc) is 3.23. The predicted molar refractivity (Wildman–Crippen MR) is 124 cm³/mol. The molecule has 1 aromatic heterocycles. The van der Waals surface area contributed by atoms with E-state index in [0.717, 1.165) is 43.5 Å². The maximum Gasteiger partial charge on any atom is 0.323 e. The molecule has 0 atom stereocenters. The highest BCUT2D eigenvalue weighted by Gasteiger charge is 2.28. The Labute approximate surface area is 199 Å². The van der Waals surface area contributed by atoms with Crippen LogP contribution in [0.4, 0.5) is 18.7 Å². The van der Waals surface area contributed by atoms with Crippen LogP contribution in [0, 0.1) is 17.6 Å². The smallest absolute Gasteiger partial charge is 0.323 e. The quantitative estimate of drug-likeness (QED) is 0.344. The monoisotopic (exact) mass is 499 g/mol. The topological polar surface area (TPSA) is 91.8 Å². The van der Waals surface area contributed by atoms with E-state index in [9.17, 15) is 18.4 Å². The molecular formula is C22H27F2N3O4S2. The fraction of sp³-hybridized carbons (Fsp3) is 0.500. The molecule has 0 saturated heterocycles. The van der Waals surface area contributed by atoms with E-state index in [2.05, 4.69) is 17.2 Å². The van der Waals surface area contributed by atoms with Gasteiger partial charge in [0, 0.05) is 18.2 Å². The zero-order chi connectivity index (χ0) is 23.8. The van der Waals surface area contributed by atoms with E-state index in [1.165, 1.54) is 29.7 Å². The maximum absolute atomic E-state index is 13.8. The van der Waals surface area contributed by atoms with Crippen molar-refractivity contribution in [1.29, 1.82) is 0 Å². The second-order valence-corrected chi connectivity index (χ2v) is 10.3. The Morgan fingerprint density at radius 3 is 2.79 bits per heavy atom. The highest BCUT2D eigenvalue weighted by atomic mass is 32.2. The highest BCUT2D eigenvalue weighted by molar-refractivity contribution is 8.01. The van der Waals surface area contributed by atoms with Gasteiger partial charge in [-0.2, -0.15) is 0 Å². The Hall–Kier alpha value is -2.24. The fourth-order valence-corrected chi connectivity index (χ4v) is 5.27. The van der Waals surface area contributed by atoms with Gasteiger partial charge in [0.2, 0.25) is 0 Å². The van der Waals surface area contributed by atoms with Crippen molar-refractivity contribution in [2.45, 2.75) is 49.5 Å². The lowest BCUT2D eigenvalue weighted by Crippen LogP contribution is -2.46. The molecule has 7 nitrogen and oxygen atoms in total. The lowest BCUT2D eigenvalue weighted by atomic mass is 9.86. The number of hydrogen-bond acceptors (Lipinski definition) is 6. The molecule has 11 heteroatoms. The fourth-order valence-electron chi connectivity index (χ4n) is 3.69. The van der Waals surface area contributed by atoms with Crippen LogP contribution in [-0.4, -0.2) is 51.9 Å². The Morgan fingerprint density at radius 1 is 1.30 bits per heavy atom. The van der Waals surface area contributed by atoms with Gasteiger partial charge in [0.15, 0.2) is 16.8 Å². The van der Waals surface area contributed by atoms with Crippen molar-refractivity contribution in [3.05, 3.63) is 41.6 Å². The van der Waals surface area contributed by atoms with E-state index in [4.69, 9.17) is 9.84 Å². The third kappa shape index (κ3) is 7.65. The van der Waals surface area contributed by atoms with Crippen molar-refractivity contribution in [3.8, 4) is 0 Å². The number of nitrogens with one attached hydrogen (secondary N) is 1. The summed E-state index contributed by atoms with van der Waals surface area (Å²) in [5.41, 5.74) is 0.131. The lowest BCUT2D eigenvalue weighted by Gasteiger charge is -2.36. The molecule has 1 aliphatic rings. The van der Waals surface area contributed by atoms with Gasteiger partial charge in [0.25, 0.3) is 0 Å². The Bertz CT molecular complexity index is 951. The summed E-state index contributed by atoms with van der Waals surface area (Å²) in [5, 5.41) is 12.0. The number of carboxylic acid groups (broad SMARTS) is 1. The van der Waals surface area contributed by atoms with Gasteiger partial charge in [-0.05, 0) is 37.7 Å². The minimum absolute atomic E-state index is 0.0523. The molecule has 1 aromatic carbocycles. The Kier molecular flexibility index (Phi) is 9.45. The van der Waals surface area contributed by atoms with Crippen LogP contribution in [0.15, 0.2) is 28.6 Å². The number of thioether (sulfide) groups is 1. The molecule has 180 valence electrons. The van der Waals surface area contributed by atoms with Gasteiger partial charge in [-0.15, -0.1) is 11.8 Å². The molecule has 0 unspecified atom stereocenters. The van der Waals surface area contributed by atoms with Gasteiger partial charge < -0.3 is 14.7 Å². The first kappa shape index (κ1) is 25.4. The highest BCUT2D eigenvalue weighted by Crippen LogP contribution is 2.30. The van der Waals surface area contributed by atoms with E-state index >= 15 is 0 Å². The third-order valence-corrected chi connectivity index (χ3v) is 7.58. The molecule has 1 fully saturated rings. The predicted octanol–water partition coefficient (Wildman–Crippen LogP) is 5.23. The van der Waals surface area contributed by atoms with Gasteiger partial charge >= 0.3 is 12.0 Å². The molecule has 1 saturated carbocycles. The molecule has 1 aliphatic carbocycles. The summed E-state index contributed by atoms with van der Waals surface area (Å²) in [6, 6.07) is 3.69. The number of halogens is 2. The van der Waals surface area contributed by atoms with Crippen LogP contribution in [0.2, 0.25) is 0 Å². The van der Waals surface area contributed by atoms with E-state index in [0.29, 0.717) is 21.8 Å². The number of rotatable bonds is 10. The molecule has 0 aliphatic heterocycles. The number of carbonyl (C=O) groups excluding carboxylic acids is 1. The maximum atomic E-state index is 13.8. The number of urea groups is 1. The molecule has 2 aromatic rings. The van der Waals surface area contributed by atoms with Crippen LogP contribution in [0.3, 0.4) is 0 Å². The summed E-state index contributed by atoms with van der Waals surface area (Å²) < 4.78 is 33.4. The normalized spacial score (nSPS) is 18.2. The van der Waals surface area contributed by atoms with Gasteiger partial charge in [-0.3, -0.25) is 10.1 Å². The molecule has 33 heavy (non-hydrogen) atoms. The molecule has 0 bridgehead atoms. The van der Waals surface area contributed by atoms with Crippen molar-refractivity contribution >= 4 is 40.2 Å². The number of benzene rings is 1. The summed E-state index contributed by atoms with van der Waals surface area (Å²) in [5.74, 6) is -2.22. The van der Waals surface area contributed by atoms with Gasteiger partial charge in [-0.1, -0.05) is 30.4 Å². The zero-order valence-electron chi connectivity index (χ0n) is 18.3. The first-order valence-corrected chi connectivity index (χ1v) is 12.5. The minimum Gasteiger partial charge on any atom is -0.481 e. The van der Waals surface area contributed by atoms with E-state index < -0.39 is 17.6 Å². The van der Waals surface area contributed by atoms with E-state index in [-0.39, 0.29) is 36.6 Å². The third-order valence-electron chi connectivity index (χ3n) is 5.49. The number of carbonyl (C=O) groups is 2. The molecule has 0 spiro atoms. The minimum atomic E-state index is -0.922. The van der Waals surface area contributed by atoms with Crippen LogP contribution < -0.4 is 5.32 Å². The molecule has 2 N–H and O–H groups in total. The SMILES string of the molecule is C[C@H]1CC[C@H](N(CCOCc2cccc(F)c2F)C(=O)Nc2ncc(SCC(=O)O)s2)CC1. The van der Waals surface area contributed by atoms with Crippen molar-refractivity contribution < 1.29 is 28.2 Å². The second kappa shape index (κ2) is 12.3. The molecule has 3 rings (SSSR count). The summed E-state index contributed by atoms with van der Waals surface area (Å²) in [6.07, 6.45) is 5.35. The number of carboxylic acids is 1. The van der Waals surface area contributed by atoms with Crippen LogP contribution in [0.1, 0.15) is 38.2 Å². The largest absolute Gasteiger partial charge is 0.481 e. The summed E-state index contributed by atoms with van der Waals surface area (Å²) >= 11 is 2.36. The second-order valence-electron chi connectivity index (χ2n) is 7.97. The number of amides is 2. The van der Waals surface area contributed by atoms with Crippen LogP contribution >= 0.6 is 23.1 Å². The number of hydrogen-bond donors (Lipinski definition) is 2. The lowest BCUT2D eigenvalue weighted by molar-refractivity contribution is -0.133. The van der Waals surface area contributed by atoms with Crippen LogP contribution in [-0.2, 0) is 16.1 Å². The molecule has 2 amide bonds. The number of aliphatic carboxylic acids is 1. The summed E-state index contributed by atoms with van der Waals surface area (Å²) in [7, 11) is 0. The zero-order valence-corrected chi connectivity index (χ0v) is 19.9. The summed E-state index contributed by atoms with van der Waals surface area (Å²) in [6.45, 7) is 2.58. The van der Waals surface area contributed by atoms with Gasteiger partial charge in [0.05, 0.1) is 29.4 Å². The standard InChI is InChI=1S/C22H27F2N3O4S2/c1-14-5-7-16(8-6-14)27(9-10-31-12-15-3-2-4-17(23)20(15)24)22(30)26-21-25-11-19(33-21)32-13-18(28)29/h2-4,11,14,16H,5-10,12-13H2,1H3,(H,28,29)(H,25,26,30)/t14-,16-. The number of thiazole rings is 1. The van der Waals surface area contributed by atoms with Crippen molar-refractivity contribution in [3.63, 3.8) is 0 Å². The van der Waals surface area contributed by atoms with E-state index in [1.54, 1.807) is 4.90 Å². The Morgan fingerprint density at radius 2 is 2.06 bits per heavy atom. The van der Waals surface area contributed by atoms with Crippen molar-refractivity contribution in [1.82, 2.24) is 9.88 Å². The summed E-state index contributed by atoms with van der Waals surface area (Å²) in [4.78, 5) is 29.7. The average molecular weight is 500 g/mol. The van der Waals surface area contributed by atoms with Crippen molar-refractivity contribution in [2.24, 2.45) is 5.92 Å². The number of ether oxygens (including phenoxy) is 1. The molecular weight excluding hydrogens is 472 g/mol. The number of aromatic nitrogens is 1. The molecule has 1 heterocycles. The number of anilines is 1. The van der Waals surface area contributed by atoms with Crippen molar-refractivity contribution in [2.75, 3.05) is 24.2 Å². The van der Waals surface area contributed by atoms with Gasteiger partial charge in [0.1, 0.15) is 0 Å². The molecule has 0 radical (unpaired) electrons. The Balaban J connectivity index is 1.58. The first-order chi connectivity index (χ1) is 15.8. The number of nitrogens with zero attached hydrogens (tertiary/aromatic N) is 2. The van der Waals surface area contributed by atoms with Crippen LogP contribution in [0.25, 0.3) is 0 Å². The van der Waals surface area contributed by atoms with Gasteiger partial charge in [-0.25, -0.2) is 18.6 Å².